The molecule has 2 amide bonds. The minimum Gasteiger partial charge on any atom is -0.379 e. The van der Waals surface area contributed by atoms with E-state index >= 15 is 0 Å². The first kappa shape index (κ1) is 26.5. The summed E-state index contributed by atoms with van der Waals surface area (Å²) in [6.45, 7) is 1.14. The molecule has 2 aliphatic rings. The van der Waals surface area contributed by atoms with Crippen molar-refractivity contribution in [1.82, 2.24) is 5.06 Å². The van der Waals surface area contributed by atoms with Crippen molar-refractivity contribution in [3.63, 3.8) is 0 Å². The van der Waals surface area contributed by atoms with Crippen LogP contribution >= 0.6 is 0 Å². The van der Waals surface area contributed by atoms with Crippen LogP contribution in [0.2, 0.25) is 0 Å². The number of ether oxygens (including phenoxy) is 2. The van der Waals surface area contributed by atoms with Gasteiger partial charge in [-0.25, -0.2) is 4.79 Å². The Morgan fingerprint density at radius 2 is 1.16 bits per heavy atom. The smallest absolute Gasteiger partial charge is 0.335 e. The molecule has 0 spiro atoms. The van der Waals surface area contributed by atoms with E-state index < -0.39 is 17.8 Å². The third kappa shape index (κ3) is 10.7. The molecule has 8 nitrogen and oxygen atoms in total. The zero-order chi connectivity index (χ0) is 23.0. The normalized spacial score (nSPS) is 19.4. The number of imide groups is 1. The van der Waals surface area contributed by atoms with Crippen LogP contribution in [0.25, 0.3) is 0 Å². The summed E-state index contributed by atoms with van der Waals surface area (Å²) in [5, 5.41) is 0.532. The molecule has 182 valence electrons. The topological polar surface area (TPSA) is 99.2 Å². The van der Waals surface area contributed by atoms with E-state index in [1.807, 2.05) is 0 Å². The highest BCUT2D eigenvalue weighted by molar-refractivity contribution is 6.01. The zero-order valence-corrected chi connectivity index (χ0v) is 19.3. The Hall–Kier alpha value is -1.80. The first-order chi connectivity index (χ1) is 15.6. The van der Waals surface area contributed by atoms with Crippen molar-refractivity contribution in [3.05, 3.63) is 0 Å². The van der Waals surface area contributed by atoms with Crippen LogP contribution in [0.4, 0.5) is 0 Å². The van der Waals surface area contributed by atoms with E-state index in [0.717, 1.165) is 25.7 Å². The van der Waals surface area contributed by atoms with E-state index in [2.05, 4.69) is 0 Å². The monoisotopic (exact) mass is 453 g/mol. The molecule has 0 aromatic carbocycles. The van der Waals surface area contributed by atoms with E-state index in [9.17, 15) is 19.2 Å². The molecule has 1 aliphatic carbocycles. The molecule has 0 aromatic heterocycles. The summed E-state index contributed by atoms with van der Waals surface area (Å²) in [5.41, 5.74) is 0. The Morgan fingerprint density at radius 3 is 1.69 bits per heavy atom. The van der Waals surface area contributed by atoms with E-state index in [-0.39, 0.29) is 31.8 Å². The van der Waals surface area contributed by atoms with Crippen molar-refractivity contribution >= 4 is 23.6 Å². The highest BCUT2D eigenvalue weighted by Gasteiger charge is 2.32. The van der Waals surface area contributed by atoms with Gasteiger partial charge in [0.05, 0.1) is 32.8 Å². The lowest BCUT2D eigenvalue weighted by atomic mass is 9.89. The molecular formula is C24H39NO7. The molecule has 0 aromatic rings. The van der Waals surface area contributed by atoms with Gasteiger partial charge in [-0.3, -0.25) is 14.4 Å². The lowest BCUT2D eigenvalue weighted by Gasteiger charge is -2.17. The van der Waals surface area contributed by atoms with E-state index in [4.69, 9.17) is 14.3 Å². The zero-order valence-electron chi connectivity index (χ0n) is 19.3. The Balaban J connectivity index is 1.49. The van der Waals surface area contributed by atoms with Crippen molar-refractivity contribution in [2.24, 2.45) is 5.92 Å². The third-order valence-electron chi connectivity index (χ3n) is 6.07. The molecule has 1 saturated heterocycles. The van der Waals surface area contributed by atoms with Crippen molar-refractivity contribution in [1.29, 1.82) is 0 Å². The second-order valence-electron chi connectivity index (χ2n) is 8.69. The first-order valence-corrected chi connectivity index (χ1v) is 12.3. The highest BCUT2D eigenvalue weighted by atomic mass is 16.7. The summed E-state index contributed by atoms with van der Waals surface area (Å²) in [4.78, 5) is 51.8. The van der Waals surface area contributed by atoms with Crippen LogP contribution < -0.4 is 0 Å². The number of hydrogen-bond acceptors (Lipinski definition) is 7. The predicted octanol–water partition coefficient (Wildman–Crippen LogP) is 3.90. The number of carbonyl (C=O) groups is 4. The SMILES string of the molecule is O=C(CCOCCOCCC(=O)C1CCCCCCCCCCC1)ON1C(=O)CCC1=O. The molecule has 1 aliphatic heterocycles. The van der Waals surface area contributed by atoms with E-state index in [1.54, 1.807) is 0 Å². The van der Waals surface area contributed by atoms with Crippen LogP contribution in [0.1, 0.15) is 96.3 Å². The molecule has 1 heterocycles. The largest absolute Gasteiger partial charge is 0.379 e. The standard InChI is InChI=1S/C24H39NO7/c26-21(20-10-8-6-4-2-1-3-5-7-9-11-20)14-16-30-18-19-31-17-15-24(29)32-25-22(27)12-13-23(25)28/h20H,1-19H2. The molecule has 0 bridgehead atoms. The van der Waals surface area contributed by atoms with Gasteiger partial charge in [0, 0.05) is 25.2 Å². The minimum atomic E-state index is -0.683. The van der Waals surface area contributed by atoms with Gasteiger partial charge in [-0.15, -0.1) is 5.06 Å². The number of amides is 2. The van der Waals surface area contributed by atoms with Gasteiger partial charge in [-0.2, -0.15) is 0 Å². The fourth-order valence-electron chi connectivity index (χ4n) is 4.14. The van der Waals surface area contributed by atoms with Crippen LogP contribution in [-0.4, -0.2) is 55.1 Å². The second-order valence-corrected chi connectivity index (χ2v) is 8.69. The summed E-state index contributed by atoms with van der Waals surface area (Å²) >= 11 is 0. The molecule has 0 atom stereocenters. The molecule has 1 saturated carbocycles. The number of hydroxylamine groups is 2. The average Bonchev–Trinajstić information content (AvgIpc) is 3.08. The van der Waals surface area contributed by atoms with Crippen LogP contribution in [0.3, 0.4) is 0 Å². The van der Waals surface area contributed by atoms with Gasteiger partial charge < -0.3 is 14.3 Å². The maximum absolute atomic E-state index is 12.6. The number of nitrogens with zero attached hydrogens (tertiary/aromatic N) is 1. The summed E-state index contributed by atoms with van der Waals surface area (Å²) < 4.78 is 10.8. The van der Waals surface area contributed by atoms with Gasteiger partial charge in [0.2, 0.25) is 0 Å². The molecule has 32 heavy (non-hydrogen) atoms. The molecule has 0 unspecified atom stereocenters. The van der Waals surface area contributed by atoms with E-state index in [0.29, 0.717) is 37.1 Å². The molecule has 0 N–H and O–H groups in total. The maximum atomic E-state index is 12.6. The number of carbonyl (C=O) groups excluding carboxylic acids is 4. The van der Waals surface area contributed by atoms with Crippen LogP contribution in [0, 0.1) is 5.92 Å². The Morgan fingerprint density at radius 1 is 0.688 bits per heavy atom. The van der Waals surface area contributed by atoms with Gasteiger partial charge in [-0.05, 0) is 12.8 Å². The van der Waals surface area contributed by atoms with Crippen LogP contribution in [0.15, 0.2) is 0 Å². The van der Waals surface area contributed by atoms with Crippen molar-refractivity contribution in [2.75, 3.05) is 26.4 Å². The lowest BCUT2D eigenvalue weighted by molar-refractivity contribution is -0.198. The van der Waals surface area contributed by atoms with Crippen molar-refractivity contribution in [3.8, 4) is 0 Å². The highest BCUT2D eigenvalue weighted by Crippen LogP contribution is 2.22. The quantitative estimate of drug-likeness (QED) is 0.345. The number of hydrogen-bond donors (Lipinski definition) is 0. The summed E-state index contributed by atoms with van der Waals surface area (Å²) in [5.74, 6) is -1.18. The van der Waals surface area contributed by atoms with Gasteiger partial charge in [0.15, 0.2) is 0 Å². The Labute approximate surface area is 191 Å². The third-order valence-corrected chi connectivity index (χ3v) is 6.07. The van der Waals surface area contributed by atoms with Gasteiger partial charge >= 0.3 is 5.97 Å². The van der Waals surface area contributed by atoms with Crippen LogP contribution in [0.5, 0.6) is 0 Å². The molecular weight excluding hydrogens is 414 g/mol. The fourth-order valence-corrected chi connectivity index (χ4v) is 4.14. The average molecular weight is 454 g/mol. The first-order valence-electron chi connectivity index (χ1n) is 12.3. The summed E-state index contributed by atoms with van der Waals surface area (Å²) in [7, 11) is 0. The molecule has 2 rings (SSSR count). The van der Waals surface area contributed by atoms with Crippen molar-refractivity contribution < 1.29 is 33.5 Å². The maximum Gasteiger partial charge on any atom is 0.335 e. The van der Waals surface area contributed by atoms with Gasteiger partial charge in [0.25, 0.3) is 11.8 Å². The van der Waals surface area contributed by atoms with Gasteiger partial charge in [-0.1, -0.05) is 57.8 Å². The minimum absolute atomic E-state index is 0.0583. The molecule has 8 heteroatoms. The van der Waals surface area contributed by atoms with E-state index in [1.165, 1.54) is 44.9 Å². The van der Waals surface area contributed by atoms with Crippen molar-refractivity contribution in [2.45, 2.75) is 96.3 Å². The number of rotatable bonds is 11. The number of ketones is 1. The second kappa shape index (κ2) is 15.9. The van der Waals surface area contributed by atoms with Crippen LogP contribution in [-0.2, 0) is 33.5 Å². The number of Topliss-reactive ketones (excluding diaryl/α,β-unsaturated/α-hetero) is 1. The molecule has 2 fully saturated rings. The lowest BCUT2D eigenvalue weighted by Crippen LogP contribution is -2.32. The summed E-state index contributed by atoms with van der Waals surface area (Å²) in [6.07, 6.45) is 13.9. The Kier molecular flexibility index (Phi) is 13.2. The Bertz CT molecular complexity index is 579. The van der Waals surface area contributed by atoms with Gasteiger partial charge in [0.1, 0.15) is 5.78 Å². The predicted molar refractivity (Wildman–Crippen MR) is 117 cm³/mol. The summed E-state index contributed by atoms with van der Waals surface area (Å²) in [6, 6.07) is 0. The fraction of sp³-hybridized carbons (Fsp3) is 0.833. The molecule has 0 radical (unpaired) electrons.